The van der Waals surface area contributed by atoms with Gasteiger partial charge in [0.25, 0.3) is 0 Å². The van der Waals surface area contributed by atoms with E-state index >= 15 is 0 Å². The Kier molecular flexibility index (Phi) is 8.54. The third-order valence-electron chi connectivity index (χ3n) is 5.20. The van der Waals surface area contributed by atoms with Gasteiger partial charge in [-0.05, 0) is 51.8 Å². The smallest absolute Gasteiger partial charge is 0.323 e. The third-order valence-corrected chi connectivity index (χ3v) is 5.20. The van der Waals surface area contributed by atoms with E-state index in [4.69, 9.17) is 25.1 Å². The normalized spacial score (nSPS) is 12.3. The first-order chi connectivity index (χ1) is 16.3. The van der Waals surface area contributed by atoms with Crippen LogP contribution in [0.15, 0.2) is 51.2 Å². The number of methoxy groups -OCH3 is 1. The molecule has 0 fully saturated rings. The Labute approximate surface area is 202 Å². The second-order valence-corrected chi connectivity index (χ2v) is 8.71. The molecule has 1 aromatic heterocycles. The van der Waals surface area contributed by atoms with Crippen LogP contribution < -0.4 is 15.9 Å². The Morgan fingerprint density at radius 3 is 2.31 bits per heavy atom. The SMILES string of the molecule is CC(N)(Cc1ccc(O)c(O)c1)C(=O)O.COc1cc(O)c2c(=O)cc(C)oc2c1CC=C(C)C. The number of phenols is 3. The molecule has 0 spiro atoms. The van der Waals surface area contributed by atoms with Crippen LogP contribution in [0, 0.1) is 6.92 Å². The van der Waals surface area contributed by atoms with Crippen LogP contribution in [0.25, 0.3) is 11.0 Å². The maximum absolute atomic E-state index is 12.0. The molecule has 9 heteroatoms. The Bertz CT molecular complexity index is 1320. The van der Waals surface area contributed by atoms with Crippen molar-refractivity contribution in [2.24, 2.45) is 5.73 Å². The third kappa shape index (κ3) is 6.77. The maximum atomic E-state index is 12.0. The highest BCUT2D eigenvalue weighted by Gasteiger charge is 2.28. The predicted molar refractivity (Wildman–Crippen MR) is 132 cm³/mol. The van der Waals surface area contributed by atoms with Crippen LogP contribution in [0.2, 0.25) is 0 Å². The van der Waals surface area contributed by atoms with Gasteiger partial charge in [-0.2, -0.15) is 0 Å². The van der Waals surface area contributed by atoms with Crippen LogP contribution in [0.4, 0.5) is 0 Å². The summed E-state index contributed by atoms with van der Waals surface area (Å²) in [5.41, 5.74) is 6.77. The number of rotatable bonds is 6. The Morgan fingerprint density at radius 2 is 1.77 bits per heavy atom. The fourth-order valence-electron chi connectivity index (χ4n) is 3.32. The minimum atomic E-state index is -1.39. The second kappa shape index (κ2) is 11.0. The Balaban J connectivity index is 0.000000258. The predicted octanol–water partition coefficient (Wildman–Crippen LogP) is 3.77. The van der Waals surface area contributed by atoms with Crippen molar-refractivity contribution in [3.05, 3.63) is 69.1 Å². The molecule has 0 bridgehead atoms. The van der Waals surface area contributed by atoms with Crippen molar-refractivity contribution < 1.29 is 34.4 Å². The van der Waals surface area contributed by atoms with Gasteiger partial charge in [0.05, 0.1) is 7.11 Å². The van der Waals surface area contributed by atoms with Crippen LogP contribution in [-0.2, 0) is 17.6 Å². The molecule has 1 atom stereocenters. The number of ether oxygens (including phenoxy) is 1. The number of fused-ring (bicyclic) bond motifs is 1. The number of nitrogens with two attached hydrogens (primary N) is 1. The number of aromatic hydroxyl groups is 3. The fourth-order valence-corrected chi connectivity index (χ4v) is 3.32. The van der Waals surface area contributed by atoms with Crippen molar-refractivity contribution in [3.63, 3.8) is 0 Å². The number of aryl methyl sites for hydroxylation is 1. The monoisotopic (exact) mass is 485 g/mol. The molecule has 1 unspecified atom stereocenters. The van der Waals surface area contributed by atoms with E-state index in [1.54, 1.807) is 6.92 Å². The average Bonchev–Trinajstić information content (AvgIpc) is 2.74. The number of phenolic OH excluding ortho intramolecular Hbond substituents is 3. The first kappa shape index (κ1) is 27.3. The van der Waals surface area contributed by atoms with Crippen molar-refractivity contribution >= 4 is 16.9 Å². The molecule has 0 aliphatic rings. The zero-order chi connectivity index (χ0) is 26.5. The summed E-state index contributed by atoms with van der Waals surface area (Å²) in [6.45, 7) is 7.09. The van der Waals surface area contributed by atoms with Gasteiger partial charge in [-0.25, -0.2) is 0 Å². The summed E-state index contributed by atoms with van der Waals surface area (Å²) in [6, 6.07) is 6.94. The molecule has 0 aliphatic heterocycles. The van der Waals surface area contributed by atoms with E-state index in [9.17, 15) is 19.8 Å². The molecule has 0 amide bonds. The van der Waals surface area contributed by atoms with Crippen molar-refractivity contribution in [1.29, 1.82) is 0 Å². The summed E-state index contributed by atoms with van der Waals surface area (Å²) in [5, 5.41) is 37.2. The zero-order valence-corrected chi connectivity index (χ0v) is 20.4. The highest BCUT2D eigenvalue weighted by atomic mass is 16.5. The van der Waals surface area contributed by atoms with E-state index in [0.717, 1.165) is 11.1 Å². The fraction of sp³-hybridized carbons (Fsp3) is 0.308. The van der Waals surface area contributed by atoms with E-state index < -0.39 is 11.5 Å². The minimum absolute atomic E-state index is 0.0795. The van der Waals surface area contributed by atoms with Crippen LogP contribution >= 0.6 is 0 Å². The number of carbonyl (C=O) groups is 1. The van der Waals surface area contributed by atoms with Gasteiger partial charge in [0.1, 0.15) is 33.8 Å². The summed E-state index contributed by atoms with van der Waals surface area (Å²) in [4.78, 5) is 22.8. The minimum Gasteiger partial charge on any atom is -0.507 e. The van der Waals surface area contributed by atoms with Gasteiger partial charge >= 0.3 is 5.97 Å². The van der Waals surface area contributed by atoms with Crippen LogP contribution in [0.3, 0.4) is 0 Å². The van der Waals surface area contributed by atoms with Gasteiger partial charge in [0.15, 0.2) is 16.9 Å². The van der Waals surface area contributed by atoms with Crippen molar-refractivity contribution in [2.45, 2.75) is 46.1 Å². The second-order valence-electron chi connectivity index (χ2n) is 8.71. The van der Waals surface area contributed by atoms with E-state index in [2.05, 4.69) is 0 Å². The van der Waals surface area contributed by atoms with E-state index in [1.807, 2.05) is 19.9 Å². The van der Waals surface area contributed by atoms with E-state index in [1.165, 1.54) is 44.4 Å². The van der Waals surface area contributed by atoms with Gasteiger partial charge in [0, 0.05) is 24.1 Å². The molecule has 188 valence electrons. The highest BCUT2D eigenvalue weighted by Crippen LogP contribution is 2.34. The first-order valence-corrected chi connectivity index (χ1v) is 10.8. The number of carboxylic acid groups (broad SMARTS) is 1. The standard InChI is InChI=1S/C16H18O4.C10H13NO4/c1-9(2)5-6-11-14(19-4)8-13(18)15-12(17)7-10(3)20-16(11)15;1-10(11,9(14)15)5-6-2-3-7(12)8(13)4-6/h5,7-8,18H,6H2,1-4H3;2-4,12-13H,5,11H2,1H3,(H,14,15). The first-order valence-electron chi connectivity index (χ1n) is 10.8. The van der Waals surface area contributed by atoms with Crippen LogP contribution in [0.1, 0.15) is 37.7 Å². The summed E-state index contributed by atoms with van der Waals surface area (Å²) >= 11 is 0. The van der Waals surface area contributed by atoms with Gasteiger partial charge < -0.3 is 35.3 Å². The van der Waals surface area contributed by atoms with E-state index in [-0.39, 0.29) is 34.5 Å². The van der Waals surface area contributed by atoms with Gasteiger partial charge in [0.2, 0.25) is 0 Å². The lowest BCUT2D eigenvalue weighted by Crippen LogP contribution is -2.46. The van der Waals surface area contributed by atoms with Crippen molar-refractivity contribution in [1.82, 2.24) is 0 Å². The molecular weight excluding hydrogens is 454 g/mol. The Hall–Kier alpha value is -3.98. The molecule has 0 saturated carbocycles. The lowest BCUT2D eigenvalue weighted by molar-refractivity contribution is -0.142. The molecule has 3 rings (SSSR count). The van der Waals surface area contributed by atoms with Crippen LogP contribution in [0.5, 0.6) is 23.0 Å². The number of carboxylic acids is 1. The molecule has 0 aliphatic carbocycles. The maximum Gasteiger partial charge on any atom is 0.323 e. The van der Waals surface area contributed by atoms with Crippen molar-refractivity contribution in [2.75, 3.05) is 7.11 Å². The number of aliphatic carboxylic acids is 1. The molecular formula is C26H31NO8. The van der Waals surface area contributed by atoms with Gasteiger partial charge in [-0.3, -0.25) is 9.59 Å². The summed E-state index contributed by atoms with van der Waals surface area (Å²) < 4.78 is 11.0. The molecule has 2 aromatic carbocycles. The number of hydrogen-bond acceptors (Lipinski definition) is 8. The average molecular weight is 486 g/mol. The van der Waals surface area contributed by atoms with E-state index in [0.29, 0.717) is 29.1 Å². The lowest BCUT2D eigenvalue weighted by atomic mass is 9.94. The highest BCUT2D eigenvalue weighted by molar-refractivity contribution is 5.88. The van der Waals surface area contributed by atoms with Gasteiger partial charge in [-0.1, -0.05) is 17.7 Å². The largest absolute Gasteiger partial charge is 0.507 e. The van der Waals surface area contributed by atoms with Gasteiger partial charge in [-0.15, -0.1) is 0 Å². The Morgan fingerprint density at radius 1 is 1.11 bits per heavy atom. The molecule has 35 heavy (non-hydrogen) atoms. The molecule has 6 N–H and O–H groups in total. The number of hydrogen-bond donors (Lipinski definition) is 5. The number of allylic oxidation sites excluding steroid dienone is 2. The molecule has 3 aromatic rings. The number of benzene rings is 2. The molecule has 0 radical (unpaired) electrons. The summed E-state index contributed by atoms with van der Waals surface area (Å²) in [7, 11) is 1.53. The molecule has 0 saturated heterocycles. The van der Waals surface area contributed by atoms with Crippen molar-refractivity contribution in [3.8, 4) is 23.0 Å². The summed E-state index contributed by atoms with van der Waals surface area (Å²) in [6.07, 6.45) is 2.68. The van der Waals surface area contributed by atoms with Crippen LogP contribution in [-0.4, -0.2) is 39.0 Å². The molecule has 9 nitrogen and oxygen atoms in total. The molecule has 1 heterocycles. The topological polar surface area (TPSA) is 163 Å². The quantitative estimate of drug-likeness (QED) is 0.258. The lowest BCUT2D eigenvalue weighted by Gasteiger charge is -2.19. The zero-order valence-electron chi connectivity index (χ0n) is 20.4. The summed E-state index contributed by atoms with van der Waals surface area (Å²) in [5.74, 6) is -0.738.